The van der Waals surface area contributed by atoms with Crippen LogP contribution in [0.15, 0.2) is 23.1 Å². The summed E-state index contributed by atoms with van der Waals surface area (Å²) in [7, 11) is -2.72. The Morgan fingerprint density at radius 1 is 1.53 bits per heavy atom. The second kappa shape index (κ2) is 6.33. The van der Waals surface area contributed by atoms with Crippen LogP contribution in [0.5, 0.6) is 0 Å². The highest BCUT2D eigenvalue weighted by molar-refractivity contribution is 7.89. The highest BCUT2D eigenvalue weighted by atomic mass is 35.5. The summed E-state index contributed by atoms with van der Waals surface area (Å²) in [6, 6.07) is 4.30. The molecule has 1 aromatic carbocycles. The van der Waals surface area contributed by atoms with Gasteiger partial charge in [-0.2, -0.15) is 0 Å². The first-order valence-corrected chi connectivity index (χ1v) is 7.15. The minimum atomic E-state index is -3.82. The molecule has 1 aromatic rings. The predicted molar refractivity (Wildman–Crippen MR) is 69.4 cm³/mol. The van der Waals surface area contributed by atoms with E-state index in [9.17, 15) is 18.3 Å². The molecule has 8 heteroatoms. The van der Waals surface area contributed by atoms with Crippen molar-refractivity contribution in [2.75, 3.05) is 13.7 Å². The zero-order chi connectivity index (χ0) is 14.6. The Morgan fingerprint density at radius 3 is 2.68 bits per heavy atom. The Labute approximate surface area is 116 Å². The first-order chi connectivity index (χ1) is 8.77. The van der Waals surface area contributed by atoms with E-state index in [1.54, 1.807) is 6.92 Å². The second-order valence-electron chi connectivity index (χ2n) is 3.80. The van der Waals surface area contributed by atoms with Gasteiger partial charge in [0.1, 0.15) is 0 Å². The molecule has 0 heterocycles. The summed E-state index contributed by atoms with van der Waals surface area (Å²) in [5.41, 5.74) is 0.465. The second-order valence-corrected chi connectivity index (χ2v) is 5.97. The smallest absolute Gasteiger partial charge is 0.336 e. The van der Waals surface area contributed by atoms with Crippen LogP contribution in [0.1, 0.15) is 5.56 Å². The summed E-state index contributed by atoms with van der Waals surface area (Å²) < 4.78 is 30.3. The number of sulfonamides is 1. The van der Waals surface area contributed by atoms with E-state index in [0.29, 0.717) is 10.6 Å². The number of rotatable bonds is 5. The molecule has 0 saturated carbocycles. The van der Waals surface area contributed by atoms with Gasteiger partial charge in [0.25, 0.3) is 0 Å². The summed E-state index contributed by atoms with van der Waals surface area (Å²) in [5.74, 6) is -0.907. The SMILES string of the molecule is COC(=O)C(O)CNS(=O)(=O)c1ccc(Cl)cc1C. The fourth-order valence-corrected chi connectivity index (χ4v) is 2.89. The van der Waals surface area contributed by atoms with E-state index >= 15 is 0 Å². The van der Waals surface area contributed by atoms with Gasteiger partial charge in [0.2, 0.25) is 10.0 Å². The Kier molecular flexibility index (Phi) is 5.30. The molecule has 0 saturated heterocycles. The van der Waals surface area contributed by atoms with Crippen LogP contribution >= 0.6 is 11.6 Å². The van der Waals surface area contributed by atoms with E-state index in [1.165, 1.54) is 18.2 Å². The Hall–Kier alpha value is -1.15. The van der Waals surface area contributed by atoms with Gasteiger partial charge in [-0.05, 0) is 30.7 Å². The van der Waals surface area contributed by atoms with Crippen molar-refractivity contribution in [1.82, 2.24) is 4.72 Å². The zero-order valence-corrected chi connectivity index (χ0v) is 12.0. The third-order valence-corrected chi connectivity index (χ3v) is 4.19. The van der Waals surface area contributed by atoms with Gasteiger partial charge in [-0.1, -0.05) is 11.6 Å². The number of aliphatic hydroxyl groups excluding tert-OH is 1. The van der Waals surface area contributed by atoms with Crippen LogP contribution in [-0.2, 0) is 19.6 Å². The van der Waals surface area contributed by atoms with Gasteiger partial charge in [-0.15, -0.1) is 0 Å². The molecule has 2 N–H and O–H groups in total. The van der Waals surface area contributed by atoms with Crippen LogP contribution < -0.4 is 4.72 Å². The van der Waals surface area contributed by atoms with E-state index in [0.717, 1.165) is 7.11 Å². The van der Waals surface area contributed by atoms with Gasteiger partial charge in [-0.25, -0.2) is 17.9 Å². The van der Waals surface area contributed by atoms with Crippen molar-refractivity contribution >= 4 is 27.6 Å². The van der Waals surface area contributed by atoms with Gasteiger partial charge in [-0.3, -0.25) is 0 Å². The van der Waals surface area contributed by atoms with Crippen molar-refractivity contribution in [3.8, 4) is 0 Å². The van der Waals surface area contributed by atoms with Crippen molar-refractivity contribution in [2.24, 2.45) is 0 Å². The molecule has 6 nitrogen and oxygen atoms in total. The normalized spacial score (nSPS) is 13.1. The molecule has 0 fully saturated rings. The molecular weight excluding hydrogens is 294 g/mol. The molecule has 0 aliphatic carbocycles. The quantitative estimate of drug-likeness (QED) is 0.771. The van der Waals surface area contributed by atoms with Gasteiger partial charge >= 0.3 is 5.97 Å². The number of hydrogen-bond donors (Lipinski definition) is 2. The van der Waals surface area contributed by atoms with E-state index in [-0.39, 0.29) is 4.90 Å². The summed E-state index contributed by atoms with van der Waals surface area (Å²) in [6.07, 6.45) is -1.55. The number of halogens is 1. The zero-order valence-electron chi connectivity index (χ0n) is 10.4. The number of ether oxygens (including phenoxy) is 1. The molecule has 0 aliphatic heterocycles. The number of benzene rings is 1. The van der Waals surface area contributed by atoms with E-state index in [4.69, 9.17) is 11.6 Å². The molecule has 0 amide bonds. The number of aryl methyl sites for hydroxylation is 1. The number of carbonyl (C=O) groups excluding carboxylic acids is 1. The molecule has 1 atom stereocenters. The summed E-state index contributed by atoms with van der Waals surface area (Å²) >= 11 is 5.74. The lowest BCUT2D eigenvalue weighted by molar-refractivity contribution is -0.149. The van der Waals surface area contributed by atoms with Crippen LogP contribution in [0, 0.1) is 6.92 Å². The Balaban J connectivity index is 2.85. The number of aliphatic hydroxyl groups is 1. The maximum atomic E-state index is 12.0. The Morgan fingerprint density at radius 2 is 2.16 bits per heavy atom. The highest BCUT2D eigenvalue weighted by Crippen LogP contribution is 2.19. The highest BCUT2D eigenvalue weighted by Gasteiger charge is 2.21. The van der Waals surface area contributed by atoms with Gasteiger partial charge < -0.3 is 9.84 Å². The minimum absolute atomic E-state index is 0.0361. The van der Waals surface area contributed by atoms with Crippen molar-refractivity contribution in [1.29, 1.82) is 0 Å². The number of carbonyl (C=O) groups is 1. The monoisotopic (exact) mass is 307 g/mol. The van der Waals surface area contributed by atoms with Gasteiger partial charge in [0.15, 0.2) is 6.10 Å². The van der Waals surface area contributed by atoms with Crippen LogP contribution in [0.25, 0.3) is 0 Å². The van der Waals surface area contributed by atoms with Crippen molar-refractivity contribution < 1.29 is 23.1 Å². The van der Waals surface area contributed by atoms with E-state index in [2.05, 4.69) is 9.46 Å². The first kappa shape index (κ1) is 15.9. The van der Waals surface area contributed by atoms with Crippen molar-refractivity contribution in [3.63, 3.8) is 0 Å². The standard InChI is InChI=1S/C11H14ClNO5S/c1-7-5-8(12)3-4-10(7)19(16,17)13-6-9(14)11(15)18-2/h3-5,9,13-14H,6H2,1-2H3. The predicted octanol–water partition coefficient (Wildman–Crippen LogP) is 0.461. The fourth-order valence-electron chi connectivity index (χ4n) is 1.40. The third-order valence-electron chi connectivity index (χ3n) is 2.37. The average Bonchev–Trinajstić information content (AvgIpc) is 2.34. The lowest BCUT2D eigenvalue weighted by Crippen LogP contribution is -2.37. The summed E-state index contributed by atoms with van der Waals surface area (Å²) in [4.78, 5) is 11.0. The first-order valence-electron chi connectivity index (χ1n) is 5.29. The lowest BCUT2D eigenvalue weighted by Gasteiger charge is -2.12. The molecule has 0 spiro atoms. The third kappa shape index (κ3) is 4.17. The molecule has 1 unspecified atom stereocenters. The van der Waals surface area contributed by atoms with Gasteiger partial charge in [0.05, 0.1) is 12.0 Å². The van der Waals surface area contributed by atoms with E-state index < -0.39 is 28.6 Å². The maximum absolute atomic E-state index is 12.0. The van der Waals surface area contributed by atoms with Crippen molar-refractivity contribution in [2.45, 2.75) is 17.9 Å². The van der Waals surface area contributed by atoms with Crippen LogP contribution in [0.2, 0.25) is 5.02 Å². The Bertz CT molecular complexity index is 572. The maximum Gasteiger partial charge on any atom is 0.336 e. The number of esters is 1. The van der Waals surface area contributed by atoms with E-state index in [1.807, 2.05) is 0 Å². The molecule has 19 heavy (non-hydrogen) atoms. The van der Waals surface area contributed by atoms with Gasteiger partial charge in [0, 0.05) is 11.6 Å². The number of nitrogens with one attached hydrogen (secondary N) is 1. The summed E-state index contributed by atoms with van der Waals surface area (Å²) in [5, 5.41) is 9.74. The number of hydrogen-bond acceptors (Lipinski definition) is 5. The van der Waals surface area contributed by atoms with Crippen LogP contribution in [0.4, 0.5) is 0 Å². The molecule has 0 bridgehead atoms. The minimum Gasteiger partial charge on any atom is -0.467 e. The van der Waals surface area contributed by atoms with Crippen LogP contribution in [-0.4, -0.2) is 39.3 Å². The molecule has 0 radical (unpaired) electrons. The lowest BCUT2D eigenvalue weighted by atomic mass is 10.2. The fraction of sp³-hybridized carbons (Fsp3) is 0.364. The molecule has 0 aliphatic rings. The molecule has 1 rings (SSSR count). The van der Waals surface area contributed by atoms with Crippen LogP contribution in [0.3, 0.4) is 0 Å². The molecule has 106 valence electrons. The molecular formula is C11H14ClNO5S. The topological polar surface area (TPSA) is 92.7 Å². The number of methoxy groups -OCH3 is 1. The largest absolute Gasteiger partial charge is 0.467 e. The van der Waals surface area contributed by atoms with Crippen molar-refractivity contribution in [3.05, 3.63) is 28.8 Å². The average molecular weight is 308 g/mol. The summed E-state index contributed by atoms with van der Waals surface area (Å²) in [6.45, 7) is 1.13. The molecule has 0 aromatic heterocycles.